The number of hydrogen-bond acceptors (Lipinski definition) is 2. The topological polar surface area (TPSA) is 54.7 Å². The van der Waals surface area contributed by atoms with Gasteiger partial charge in [0.1, 0.15) is 0 Å². The molecule has 0 amide bonds. The number of H-pyrrole nitrogens is 1. The van der Waals surface area contributed by atoms with Crippen LogP contribution >= 0.6 is 12.4 Å². The minimum absolute atomic E-state index is 0. The van der Waals surface area contributed by atoms with Gasteiger partial charge in [0.05, 0.1) is 11.7 Å². The second-order valence-electron chi connectivity index (χ2n) is 2.18. The number of aromatic nitrogens is 2. The molecule has 0 radical (unpaired) electrons. The standard InChI is InChI=1S/C7H7N3.ClH/c8-6-2-1-3-7-5(6)4-9-10-7;/h1-4H,8H2,(H,9,10);1H. The first-order valence-electron chi connectivity index (χ1n) is 3.05. The molecule has 0 saturated carbocycles. The number of rotatable bonds is 0. The lowest BCUT2D eigenvalue weighted by molar-refractivity contribution is 1.12. The summed E-state index contributed by atoms with van der Waals surface area (Å²) in [5, 5.41) is 7.68. The van der Waals surface area contributed by atoms with Gasteiger partial charge in [-0.05, 0) is 12.1 Å². The number of hydrogen-bond donors (Lipinski definition) is 2. The molecule has 1 aromatic carbocycles. The highest BCUT2D eigenvalue weighted by Crippen LogP contribution is 2.16. The van der Waals surface area contributed by atoms with Crippen molar-refractivity contribution < 1.29 is 0 Å². The van der Waals surface area contributed by atoms with Gasteiger partial charge in [0, 0.05) is 11.1 Å². The van der Waals surface area contributed by atoms with Crippen LogP contribution in [0.25, 0.3) is 10.9 Å². The van der Waals surface area contributed by atoms with E-state index >= 15 is 0 Å². The molecule has 0 saturated heterocycles. The van der Waals surface area contributed by atoms with E-state index < -0.39 is 0 Å². The van der Waals surface area contributed by atoms with Gasteiger partial charge in [-0.2, -0.15) is 5.10 Å². The second kappa shape index (κ2) is 2.80. The quantitative estimate of drug-likeness (QED) is 0.589. The molecule has 0 spiro atoms. The van der Waals surface area contributed by atoms with Crippen LogP contribution in [-0.4, -0.2) is 10.2 Å². The molecular weight excluding hydrogens is 162 g/mol. The lowest BCUT2D eigenvalue weighted by atomic mass is 10.2. The molecule has 1 aromatic heterocycles. The zero-order valence-corrected chi connectivity index (χ0v) is 6.56. The maximum absolute atomic E-state index is 5.64. The molecule has 0 fully saturated rings. The van der Waals surface area contributed by atoms with Gasteiger partial charge in [-0.1, -0.05) is 6.07 Å². The minimum Gasteiger partial charge on any atom is -0.398 e. The van der Waals surface area contributed by atoms with Crippen LogP contribution in [0, 0.1) is 0 Å². The molecule has 0 atom stereocenters. The van der Waals surface area contributed by atoms with Crippen molar-refractivity contribution in [3.63, 3.8) is 0 Å². The van der Waals surface area contributed by atoms with Crippen LogP contribution in [0.4, 0.5) is 5.69 Å². The summed E-state index contributed by atoms with van der Waals surface area (Å²) < 4.78 is 0. The molecule has 0 aliphatic carbocycles. The maximum Gasteiger partial charge on any atom is 0.0671 e. The third-order valence-electron chi connectivity index (χ3n) is 1.52. The van der Waals surface area contributed by atoms with E-state index in [9.17, 15) is 0 Å². The van der Waals surface area contributed by atoms with Crippen LogP contribution in [0.3, 0.4) is 0 Å². The Labute approximate surface area is 70.0 Å². The van der Waals surface area contributed by atoms with Gasteiger partial charge in [-0.3, -0.25) is 5.10 Å². The Morgan fingerprint density at radius 1 is 1.36 bits per heavy atom. The number of nitrogens with two attached hydrogens (primary N) is 1. The summed E-state index contributed by atoms with van der Waals surface area (Å²) in [7, 11) is 0. The normalized spacial score (nSPS) is 9.45. The summed E-state index contributed by atoms with van der Waals surface area (Å²) in [4.78, 5) is 0. The summed E-state index contributed by atoms with van der Waals surface area (Å²) in [6, 6.07) is 5.70. The molecular formula is C7H8ClN3. The first kappa shape index (κ1) is 7.88. The summed E-state index contributed by atoms with van der Waals surface area (Å²) >= 11 is 0. The molecule has 0 bridgehead atoms. The van der Waals surface area contributed by atoms with E-state index in [0.29, 0.717) is 0 Å². The number of aromatic amines is 1. The number of nitrogens with zero attached hydrogens (tertiary/aromatic N) is 1. The van der Waals surface area contributed by atoms with Gasteiger partial charge in [0.2, 0.25) is 0 Å². The Bertz CT molecular complexity index is 355. The summed E-state index contributed by atoms with van der Waals surface area (Å²) in [5.41, 5.74) is 7.40. The summed E-state index contributed by atoms with van der Waals surface area (Å²) in [6.07, 6.45) is 1.73. The zero-order valence-electron chi connectivity index (χ0n) is 5.74. The van der Waals surface area contributed by atoms with Gasteiger partial charge >= 0.3 is 0 Å². The van der Waals surface area contributed by atoms with Crippen LogP contribution in [0.15, 0.2) is 24.4 Å². The molecule has 3 N–H and O–H groups in total. The van der Waals surface area contributed by atoms with Gasteiger partial charge in [-0.15, -0.1) is 12.4 Å². The fraction of sp³-hybridized carbons (Fsp3) is 0. The second-order valence-corrected chi connectivity index (χ2v) is 2.18. The predicted octanol–water partition coefficient (Wildman–Crippen LogP) is 1.57. The van der Waals surface area contributed by atoms with Crippen molar-refractivity contribution in [1.82, 2.24) is 10.2 Å². The Kier molecular flexibility index (Phi) is 2.01. The van der Waals surface area contributed by atoms with E-state index in [1.165, 1.54) is 0 Å². The van der Waals surface area contributed by atoms with Crippen LogP contribution in [0.5, 0.6) is 0 Å². The monoisotopic (exact) mass is 169 g/mol. The Hall–Kier alpha value is -1.22. The molecule has 4 heteroatoms. The van der Waals surface area contributed by atoms with Gasteiger partial charge < -0.3 is 5.73 Å². The molecule has 3 nitrogen and oxygen atoms in total. The van der Waals surface area contributed by atoms with Crippen LogP contribution in [-0.2, 0) is 0 Å². The highest BCUT2D eigenvalue weighted by molar-refractivity contribution is 5.89. The first-order chi connectivity index (χ1) is 4.88. The van der Waals surface area contributed by atoms with E-state index in [1.54, 1.807) is 6.20 Å². The van der Waals surface area contributed by atoms with Crippen molar-refractivity contribution in [1.29, 1.82) is 0 Å². The number of halogens is 1. The zero-order chi connectivity index (χ0) is 6.97. The van der Waals surface area contributed by atoms with Gasteiger partial charge in [0.25, 0.3) is 0 Å². The molecule has 58 valence electrons. The van der Waals surface area contributed by atoms with Crippen molar-refractivity contribution in [3.8, 4) is 0 Å². The molecule has 0 unspecified atom stereocenters. The average molecular weight is 170 g/mol. The Morgan fingerprint density at radius 3 is 2.91 bits per heavy atom. The van der Waals surface area contributed by atoms with Crippen molar-refractivity contribution in [3.05, 3.63) is 24.4 Å². The predicted molar refractivity (Wildman–Crippen MR) is 47.8 cm³/mol. The van der Waals surface area contributed by atoms with Crippen molar-refractivity contribution >= 4 is 29.0 Å². The lowest BCUT2D eigenvalue weighted by Gasteiger charge is -1.91. The number of anilines is 1. The summed E-state index contributed by atoms with van der Waals surface area (Å²) in [5.74, 6) is 0. The molecule has 0 aliphatic rings. The van der Waals surface area contributed by atoms with E-state index in [-0.39, 0.29) is 12.4 Å². The minimum atomic E-state index is 0. The smallest absolute Gasteiger partial charge is 0.0671 e. The van der Waals surface area contributed by atoms with E-state index in [1.807, 2.05) is 18.2 Å². The fourth-order valence-corrected chi connectivity index (χ4v) is 0.991. The highest BCUT2D eigenvalue weighted by atomic mass is 35.5. The third-order valence-corrected chi connectivity index (χ3v) is 1.52. The maximum atomic E-state index is 5.64. The number of fused-ring (bicyclic) bond motifs is 1. The lowest BCUT2D eigenvalue weighted by Crippen LogP contribution is -1.82. The van der Waals surface area contributed by atoms with Gasteiger partial charge in [-0.25, -0.2) is 0 Å². The van der Waals surface area contributed by atoms with Crippen molar-refractivity contribution in [2.45, 2.75) is 0 Å². The van der Waals surface area contributed by atoms with E-state index in [4.69, 9.17) is 5.73 Å². The van der Waals surface area contributed by atoms with Crippen molar-refractivity contribution in [2.75, 3.05) is 5.73 Å². The third kappa shape index (κ3) is 1.14. The van der Waals surface area contributed by atoms with Crippen molar-refractivity contribution in [2.24, 2.45) is 0 Å². The highest BCUT2D eigenvalue weighted by Gasteiger charge is 1.95. The SMILES string of the molecule is Cl.Nc1cccc2[nH]ncc12. The Morgan fingerprint density at radius 2 is 2.18 bits per heavy atom. The molecule has 2 rings (SSSR count). The largest absolute Gasteiger partial charge is 0.398 e. The van der Waals surface area contributed by atoms with E-state index in [0.717, 1.165) is 16.6 Å². The fourth-order valence-electron chi connectivity index (χ4n) is 0.991. The Balaban J connectivity index is 0.000000605. The van der Waals surface area contributed by atoms with E-state index in [2.05, 4.69) is 10.2 Å². The molecule has 2 aromatic rings. The van der Waals surface area contributed by atoms with Crippen LogP contribution < -0.4 is 5.73 Å². The molecule has 1 heterocycles. The molecule has 11 heavy (non-hydrogen) atoms. The number of nitrogen functional groups attached to an aromatic ring is 1. The average Bonchev–Trinajstić information content (AvgIpc) is 2.36. The number of benzene rings is 1. The number of nitrogens with one attached hydrogen (secondary N) is 1. The first-order valence-corrected chi connectivity index (χ1v) is 3.05. The van der Waals surface area contributed by atoms with Crippen LogP contribution in [0.2, 0.25) is 0 Å². The van der Waals surface area contributed by atoms with Gasteiger partial charge in [0.15, 0.2) is 0 Å². The molecule has 0 aliphatic heterocycles. The summed E-state index contributed by atoms with van der Waals surface area (Å²) in [6.45, 7) is 0. The van der Waals surface area contributed by atoms with Crippen LogP contribution in [0.1, 0.15) is 0 Å².